The van der Waals surface area contributed by atoms with Crippen molar-refractivity contribution in [3.05, 3.63) is 64.5 Å². The van der Waals surface area contributed by atoms with Crippen molar-refractivity contribution in [3.8, 4) is 11.8 Å². The summed E-state index contributed by atoms with van der Waals surface area (Å²) < 4.78 is 4.35. The fraction of sp³-hybridized carbons (Fsp3) is 0.348. The molecule has 3 heterocycles. The van der Waals surface area contributed by atoms with Gasteiger partial charge in [-0.05, 0) is 63.5 Å². The van der Waals surface area contributed by atoms with E-state index in [0.717, 1.165) is 54.3 Å². The monoisotopic (exact) mass is 371 g/mol. The number of hydrogen-bond donors (Lipinski definition) is 0. The third-order valence-corrected chi connectivity index (χ3v) is 5.53. The fourth-order valence-corrected chi connectivity index (χ4v) is 4.01. The average Bonchev–Trinajstić information content (AvgIpc) is 3.10. The van der Waals surface area contributed by atoms with Gasteiger partial charge in [-0.25, -0.2) is 0 Å². The standard InChI is InChI=1S/C23H25N5/c1-16-8-10-21(11-9-16)28-17(2)13-19(18(28)3)14-20(15-24)23-26-25-22-7-5-4-6-12-27(22)23/h8-11,13-14H,4-7,12H2,1-3H3/b20-14+. The topological polar surface area (TPSA) is 59.4 Å². The van der Waals surface area contributed by atoms with Crippen molar-refractivity contribution in [3.63, 3.8) is 0 Å². The number of nitrogens with zero attached hydrogens (tertiary/aromatic N) is 5. The Labute approximate surface area is 166 Å². The highest BCUT2D eigenvalue weighted by Gasteiger charge is 2.18. The second-order valence-corrected chi connectivity index (χ2v) is 7.57. The molecule has 0 atom stereocenters. The molecule has 3 aromatic rings. The number of aryl methyl sites for hydroxylation is 3. The molecule has 1 aliphatic rings. The quantitative estimate of drug-likeness (QED) is 0.622. The molecule has 0 radical (unpaired) electrons. The van der Waals surface area contributed by atoms with Gasteiger partial charge in [0.25, 0.3) is 0 Å². The summed E-state index contributed by atoms with van der Waals surface area (Å²) in [6, 6.07) is 13.0. The van der Waals surface area contributed by atoms with Gasteiger partial charge in [0.15, 0.2) is 5.82 Å². The van der Waals surface area contributed by atoms with E-state index in [2.05, 4.69) is 76.5 Å². The lowest BCUT2D eigenvalue weighted by Gasteiger charge is -2.10. The van der Waals surface area contributed by atoms with Crippen molar-refractivity contribution in [2.24, 2.45) is 0 Å². The molecule has 0 bridgehead atoms. The molecule has 0 spiro atoms. The van der Waals surface area contributed by atoms with Crippen LogP contribution in [0, 0.1) is 32.1 Å². The first kappa shape index (κ1) is 18.2. The van der Waals surface area contributed by atoms with Crippen molar-refractivity contribution in [2.45, 2.75) is 53.0 Å². The van der Waals surface area contributed by atoms with Crippen molar-refractivity contribution in [1.29, 1.82) is 5.26 Å². The second-order valence-electron chi connectivity index (χ2n) is 7.57. The van der Waals surface area contributed by atoms with E-state index in [1.165, 1.54) is 12.0 Å². The Kier molecular flexibility index (Phi) is 4.87. The Balaban J connectivity index is 1.76. The Bertz CT molecular complexity index is 1070. The van der Waals surface area contributed by atoms with E-state index in [4.69, 9.17) is 0 Å². The van der Waals surface area contributed by atoms with E-state index in [0.29, 0.717) is 11.4 Å². The van der Waals surface area contributed by atoms with Crippen molar-refractivity contribution in [1.82, 2.24) is 19.3 Å². The van der Waals surface area contributed by atoms with Gasteiger partial charge in [0.05, 0.1) is 5.57 Å². The summed E-state index contributed by atoms with van der Waals surface area (Å²) in [5.41, 5.74) is 6.25. The number of rotatable bonds is 3. The molecule has 142 valence electrons. The minimum Gasteiger partial charge on any atom is -0.318 e. The molecule has 0 saturated heterocycles. The zero-order chi connectivity index (χ0) is 19.7. The first-order valence-electron chi connectivity index (χ1n) is 9.88. The van der Waals surface area contributed by atoms with Crippen LogP contribution in [0.1, 0.15) is 53.4 Å². The number of benzene rings is 1. The molecule has 0 fully saturated rings. The zero-order valence-electron chi connectivity index (χ0n) is 16.7. The molecular formula is C23H25N5. The first-order valence-corrected chi connectivity index (χ1v) is 9.88. The molecule has 2 aromatic heterocycles. The first-order chi connectivity index (χ1) is 13.6. The van der Waals surface area contributed by atoms with Crippen LogP contribution in [0.4, 0.5) is 0 Å². The molecule has 1 aromatic carbocycles. The Hall–Kier alpha value is -3.13. The minimum atomic E-state index is 0.574. The van der Waals surface area contributed by atoms with Crippen LogP contribution in [-0.4, -0.2) is 19.3 Å². The van der Waals surface area contributed by atoms with Gasteiger partial charge >= 0.3 is 0 Å². The third kappa shape index (κ3) is 3.27. The second kappa shape index (κ2) is 7.47. The maximum atomic E-state index is 9.84. The van der Waals surface area contributed by atoms with Crippen LogP contribution in [-0.2, 0) is 13.0 Å². The Morgan fingerprint density at radius 3 is 2.61 bits per heavy atom. The lowest BCUT2D eigenvalue weighted by Crippen LogP contribution is -2.05. The van der Waals surface area contributed by atoms with Crippen LogP contribution in [0.2, 0.25) is 0 Å². The average molecular weight is 371 g/mol. The molecule has 4 rings (SSSR count). The van der Waals surface area contributed by atoms with Gasteiger partial charge in [0.1, 0.15) is 11.9 Å². The van der Waals surface area contributed by atoms with Crippen LogP contribution in [0.5, 0.6) is 0 Å². The summed E-state index contributed by atoms with van der Waals surface area (Å²) in [5.74, 6) is 1.69. The SMILES string of the molecule is Cc1ccc(-n2c(C)cc(/C=C(\C#N)c3nnc4n3CCCCC4)c2C)cc1. The lowest BCUT2D eigenvalue weighted by atomic mass is 10.1. The zero-order valence-corrected chi connectivity index (χ0v) is 16.7. The van der Waals surface area contributed by atoms with Crippen LogP contribution in [0.3, 0.4) is 0 Å². The highest BCUT2D eigenvalue weighted by molar-refractivity contribution is 5.88. The van der Waals surface area contributed by atoms with Gasteiger partial charge in [0, 0.05) is 30.0 Å². The smallest absolute Gasteiger partial charge is 0.174 e. The Morgan fingerprint density at radius 2 is 1.86 bits per heavy atom. The number of aromatic nitrogens is 4. The minimum absolute atomic E-state index is 0.574. The van der Waals surface area contributed by atoms with E-state index in [9.17, 15) is 5.26 Å². The van der Waals surface area contributed by atoms with E-state index in [1.54, 1.807) is 0 Å². The third-order valence-electron chi connectivity index (χ3n) is 5.53. The largest absolute Gasteiger partial charge is 0.318 e. The predicted octanol–water partition coefficient (Wildman–Crippen LogP) is 4.78. The molecule has 0 N–H and O–H groups in total. The molecule has 0 unspecified atom stereocenters. The lowest BCUT2D eigenvalue weighted by molar-refractivity contribution is 0.627. The number of hydrogen-bond acceptors (Lipinski definition) is 3. The normalized spacial score (nSPS) is 14.4. The van der Waals surface area contributed by atoms with Crippen LogP contribution >= 0.6 is 0 Å². The van der Waals surface area contributed by atoms with Crippen LogP contribution in [0.25, 0.3) is 17.3 Å². The maximum absolute atomic E-state index is 9.84. The molecular weight excluding hydrogens is 346 g/mol. The fourth-order valence-electron chi connectivity index (χ4n) is 4.01. The summed E-state index contributed by atoms with van der Waals surface area (Å²) >= 11 is 0. The number of fused-ring (bicyclic) bond motifs is 1. The molecule has 0 saturated carbocycles. The van der Waals surface area contributed by atoms with Gasteiger partial charge in [-0.2, -0.15) is 5.26 Å². The summed E-state index contributed by atoms with van der Waals surface area (Å²) in [4.78, 5) is 0. The van der Waals surface area contributed by atoms with Gasteiger partial charge in [-0.1, -0.05) is 24.1 Å². The molecule has 28 heavy (non-hydrogen) atoms. The Morgan fingerprint density at radius 1 is 1.07 bits per heavy atom. The maximum Gasteiger partial charge on any atom is 0.174 e. The summed E-state index contributed by atoms with van der Waals surface area (Å²) in [6.07, 6.45) is 6.34. The molecule has 1 aliphatic heterocycles. The summed E-state index contributed by atoms with van der Waals surface area (Å²) in [6.45, 7) is 7.17. The highest BCUT2D eigenvalue weighted by atomic mass is 15.3. The van der Waals surface area contributed by atoms with Gasteiger partial charge < -0.3 is 9.13 Å². The highest BCUT2D eigenvalue weighted by Crippen LogP contribution is 2.26. The summed E-state index contributed by atoms with van der Waals surface area (Å²) in [7, 11) is 0. The molecule has 5 nitrogen and oxygen atoms in total. The molecule has 0 amide bonds. The number of nitriles is 1. The molecule has 0 aliphatic carbocycles. The van der Waals surface area contributed by atoms with Gasteiger partial charge in [-0.3, -0.25) is 0 Å². The van der Waals surface area contributed by atoms with Crippen molar-refractivity contribution >= 4 is 11.6 Å². The van der Waals surface area contributed by atoms with Crippen LogP contribution < -0.4 is 0 Å². The number of allylic oxidation sites excluding steroid dienone is 1. The summed E-state index contributed by atoms with van der Waals surface area (Å²) in [5, 5.41) is 18.5. The van der Waals surface area contributed by atoms with Crippen molar-refractivity contribution in [2.75, 3.05) is 0 Å². The van der Waals surface area contributed by atoms with E-state index >= 15 is 0 Å². The predicted molar refractivity (Wildman–Crippen MR) is 111 cm³/mol. The molecule has 5 heteroatoms. The van der Waals surface area contributed by atoms with Crippen LogP contribution in [0.15, 0.2) is 30.3 Å². The van der Waals surface area contributed by atoms with E-state index < -0.39 is 0 Å². The van der Waals surface area contributed by atoms with Crippen molar-refractivity contribution < 1.29 is 0 Å². The van der Waals surface area contributed by atoms with E-state index in [1.807, 2.05) is 6.08 Å². The van der Waals surface area contributed by atoms with E-state index in [-0.39, 0.29) is 0 Å². The van der Waals surface area contributed by atoms with Gasteiger partial charge in [-0.15, -0.1) is 10.2 Å². The van der Waals surface area contributed by atoms with Gasteiger partial charge in [0.2, 0.25) is 0 Å².